The summed E-state index contributed by atoms with van der Waals surface area (Å²) in [7, 11) is -3.52. The van der Waals surface area contributed by atoms with Gasteiger partial charge in [0.05, 0.1) is 11.4 Å². The summed E-state index contributed by atoms with van der Waals surface area (Å²) in [5.74, 6) is 0.249. The van der Waals surface area contributed by atoms with E-state index >= 15 is 0 Å². The van der Waals surface area contributed by atoms with Gasteiger partial charge in [-0.05, 0) is 43.2 Å². The molecule has 0 fully saturated rings. The molecule has 134 valence electrons. The lowest BCUT2D eigenvalue weighted by molar-refractivity contribution is 0.582. The Labute approximate surface area is 149 Å². The summed E-state index contributed by atoms with van der Waals surface area (Å²) in [6.45, 7) is 4.42. The SMILES string of the molecule is CCc1ccc(NC(N)=NCCNS(=O)(=O)c2ccc(C)cc2)cc1. The molecule has 0 saturated heterocycles. The number of benzene rings is 2. The average Bonchev–Trinajstić information content (AvgIpc) is 2.60. The van der Waals surface area contributed by atoms with E-state index in [-0.39, 0.29) is 23.9 Å². The maximum atomic E-state index is 12.1. The highest BCUT2D eigenvalue weighted by Gasteiger charge is 2.12. The fourth-order valence-corrected chi connectivity index (χ4v) is 3.19. The van der Waals surface area contributed by atoms with E-state index in [1.54, 1.807) is 24.3 Å². The molecule has 2 aromatic carbocycles. The van der Waals surface area contributed by atoms with Crippen molar-refractivity contribution in [3.8, 4) is 0 Å². The Bertz CT molecular complexity index is 813. The van der Waals surface area contributed by atoms with Gasteiger partial charge in [0.25, 0.3) is 0 Å². The van der Waals surface area contributed by atoms with Crippen molar-refractivity contribution in [3.63, 3.8) is 0 Å². The van der Waals surface area contributed by atoms with Crippen molar-refractivity contribution in [2.45, 2.75) is 25.2 Å². The van der Waals surface area contributed by atoms with Crippen LogP contribution < -0.4 is 15.8 Å². The molecule has 0 aliphatic heterocycles. The molecule has 2 aromatic rings. The van der Waals surface area contributed by atoms with Crippen molar-refractivity contribution < 1.29 is 8.42 Å². The van der Waals surface area contributed by atoms with Crippen molar-refractivity contribution in [1.82, 2.24) is 4.72 Å². The predicted octanol–water partition coefficient (Wildman–Crippen LogP) is 2.26. The smallest absolute Gasteiger partial charge is 0.240 e. The number of nitrogens with two attached hydrogens (primary N) is 1. The van der Waals surface area contributed by atoms with E-state index in [2.05, 4.69) is 22.0 Å². The maximum Gasteiger partial charge on any atom is 0.240 e. The van der Waals surface area contributed by atoms with E-state index in [9.17, 15) is 8.42 Å². The summed E-state index contributed by atoms with van der Waals surface area (Å²) >= 11 is 0. The first-order valence-electron chi connectivity index (χ1n) is 8.13. The molecule has 2 rings (SSSR count). The summed E-state index contributed by atoms with van der Waals surface area (Å²) in [6.07, 6.45) is 0.977. The van der Waals surface area contributed by atoms with Crippen molar-refractivity contribution in [2.75, 3.05) is 18.4 Å². The van der Waals surface area contributed by atoms with Crippen LogP contribution in [-0.2, 0) is 16.4 Å². The first-order valence-corrected chi connectivity index (χ1v) is 9.61. The van der Waals surface area contributed by atoms with Gasteiger partial charge in [-0.1, -0.05) is 36.8 Å². The van der Waals surface area contributed by atoms with Gasteiger partial charge in [-0.2, -0.15) is 0 Å². The zero-order valence-corrected chi connectivity index (χ0v) is 15.3. The van der Waals surface area contributed by atoms with Crippen LogP contribution in [0, 0.1) is 6.92 Å². The van der Waals surface area contributed by atoms with Crippen LogP contribution in [-0.4, -0.2) is 27.5 Å². The standard InChI is InChI=1S/C18H24N4O2S/c1-3-15-6-8-16(9-7-15)22-18(19)20-12-13-21-25(23,24)17-10-4-14(2)5-11-17/h4-11,21H,3,12-13H2,1-2H3,(H3,19,20,22). The summed E-state index contributed by atoms with van der Waals surface area (Å²) in [5, 5.41) is 2.98. The van der Waals surface area contributed by atoms with Crippen molar-refractivity contribution >= 4 is 21.7 Å². The first kappa shape index (κ1) is 19.0. The molecule has 0 aromatic heterocycles. The molecular weight excluding hydrogens is 336 g/mol. The highest BCUT2D eigenvalue weighted by Crippen LogP contribution is 2.10. The number of nitrogens with zero attached hydrogens (tertiary/aromatic N) is 1. The lowest BCUT2D eigenvalue weighted by Gasteiger charge is -2.08. The van der Waals surface area contributed by atoms with E-state index in [0.717, 1.165) is 17.7 Å². The van der Waals surface area contributed by atoms with Crippen LogP contribution in [0.25, 0.3) is 0 Å². The molecule has 0 saturated carbocycles. The summed E-state index contributed by atoms with van der Waals surface area (Å²) in [6, 6.07) is 14.6. The van der Waals surface area contributed by atoms with Crippen molar-refractivity contribution in [3.05, 3.63) is 59.7 Å². The topological polar surface area (TPSA) is 96.6 Å². The van der Waals surface area contributed by atoms with Gasteiger partial charge in [-0.3, -0.25) is 4.99 Å². The molecule has 0 unspecified atom stereocenters. The summed E-state index contributed by atoms with van der Waals surface area (Å²) in [5.41, 5.74) is 8.91. The van der Waals surface area contributed by atoms with E-state index in [0.29, 0.717) is 0 Å². The van der Waals surface area contributed by atoms with Gasteiger partial charge in [-0.25, -0.2) is 13.1 Å². The van der Waals surface area contributed by atoms with Crippen LogP contribution in [0.2, 0.25) is 0 Å². The molecule has 6 nitrogen and oxygen atoms in total. The number of guanidine groups is 1. The molecule has 0 radical (unpaired) electrons. The van der Waals surface area contributed by atoms with Crippen LogP contribution in [0.5, 0.6) is 0 Å². The van der Waals surface area contributed by atoms with Crippen LogP contribution in [0.15, 0.2) is 58.4 Å². The monoisotopic (exact) mass is 360 g/mol. The number of aryl methyl sites for hydroxylation is 2. The second kappa shape index (κ2) is 8.64. The minimum absolute atomic E-state index is 0.174. The zero-order valence-electron chi connectivity index (χ0n) is 14.5. The normalized spacial score (nSPS) is 12.2. The third-order valence-corrected chi connectivity index (χ3v) is 5.13. The van der Waals surface area contributed by atoms with Gasteiger partial charge in [0, 0.05) is 12.2 Å². The predicted molar refractivity (Wildman–Crippen MR) is 102 cm³/mol. The second-order valence-corrected chi connectivity index (χ2v) is 7.42. The van der Waals surface area contributed by atoms with Crippen LogP contribution >= 0.6 is 0 Å². The molecule has 0 bridgehead atoms. The summed E-state index contributed by atoms with van der Waals surface area (Å²) in [4.78, 5) is 4.37. The van der Waals surface area contributed by atoms with Crippen LogP contribution in [0.4, 0.5) is 5.69 Å². The quantitative estimate of drug-likeness (QED) is 0.401. The van der Waals surface area contributed by atoms with Gasteiger partial charge in [0.2, 0.25) is 10.0 Å². The Hall–Kier alpha value is -2.38. The van der Waals surface area contributed by atoms with E-state index < -0.39 is 10.0 Å². The first-order chi connectivity index (χ1) is 11.9. The molecule has 4 N–H and O–H groups in total. The molecule has 7 heteroatoms. The number of hydrogen-bond donors (Lipinski definition) is 3. The van der Waals surface area contributed by atoms with Crippen molar-refractivity contribution in [1.29, 1.82) is 0 Å². The highest BCUT2D eigenvalue weighted by molar-refractivity contribution is 7.89. The number of anilines is 1. The largest absolute Gasteiger partial charge is 0.370 e. The number of sulfonamides is 1. The number of aliphatic imine (C=N–C) groups is 1. The minimum atomic E-state index is -3.52. The Balaban J connectivity index is 1.84. The minimum Gasteiger partial charge on any atom is -0.370 e. The molecule has 0 spiro atoms. The van der Waals surface area contributed by atoms with Crippen LogP contribution in [0.3, 0.4) is 0 Å². The zero-order chi connectivity index (χ0) is 18.3. The molecular formula is C18H24N4O2S. The van der Waals surface area contributed by atoms with E-state index in [4.69, 9.17) is 5.73 Å². The molecule has 25 heavy (non-hydrogen) atoms. The molecule has 0 amide bonds. The van der Waals surface area contributed by atoms with Gasteiger partial charge in [0.1, 0.15) is 0 Å². The lowest BCUT2D eigenvalue weighted by Crippen LogP contribution is -2.28. The van der Waals surface area contributed by atoms with Gasteiger partial charge < -0.3 is 11.1 Å². The molecule has 0 aliphatic carbocycles. The van der Waals surface area contributed by atoms with E-state index in [1.165, 1.54) is 5.56 Å². The van der Waals surface area contributed by atoms with Gasteiger partial charge in [-0.15, -0.1) is 0 Å². The second-order valence-electron chi connectivity index (χ2n) is 5.65. The number of rotatable bonds is 7. The fourth-order valence-electron chi connectivity index (χ4n) is 2.17. The molecule has 0 aliphatic rings. The van der Waals surface area contributed by atoms with Gasteiger partial charge >= 0.3 is 0 Å². The van der Waals surface area contributed by atoms with Gasteiger partial charge in [0.15, 0.2) is 5.96 Å². The number of nitrogens with one attached hydrogen (secondary N) is 2. The fraction of sp³-hybridized carbons (Fsp3) is 0.278. The van der Waals surface area contributed by atoms with Crippen LogP contribution in [0.1, 0.15) is 18.1 Å². The van der Waals surface area contributed by atoms with E-state index in [1.807, 2.05) is 31.2 Å². The Kier molecular flexibility index (Phi) is 6.55. The maximum absolute atomic E-state index is 12.1. The Morgan fingerprint density at radius 1 is 1.08 bits per heavy atom. The Morgan fingerprint density at radius 3 is 2.32 bits per heavy atom. The third kappa shape index (κ3) is 5.88. The third-order valence-electron chi connectivity index (χ3n) is 3.65. The Morgan fingerprint density at radius 2 is 1.72 bits per heavy atom. The number of hydrogen-bond acceptors (Lipinski definition) is 3. The molecule has 0 atom stereocenters. The molecule has 0 heterocycles. The summed E-state index contributed by atoms with van der Waals surface area (Å²) < 4.78 is 26.8. The van der Waals surface area contributed by atoms with Crippen molar-refractivity contribution in [2.24, 2.45) is 10.7 Å². The average molecular weight is 360 g/mol. The lowest BCUT2D eigenvalue weighted by atomic mass is 10.1. The highest BCUT2D eigenvalue weighted by atomic mass is 32.2.